The minimum Gasteiger partial charge on any atom is -0.341 e. The molecule has 0 aliphatic carbocycles. The first-order valence-corrected chi connectivity index (χ1v) is 8.21. The average Bonchev–Trinajstić information content (AvgIpc) is 2.94. The van der Waals surface area contributed by atoms with Gasteiger partial charge in [-0.25, -0.2) is 9.67 Å². The molecule has 0 spiro atoms. The van der Waals surface area contributed by atoms with Crippen molar-refractivity contribution in [2.75, 3.05) is 13.6 Å². The van der Waals surface area contributed by atoms with Gasteiger partial charge in [-0.15, -0.1) is 0 Å². The molecule has 0 radical (unpaired) electrons. The molecule has 0 saturated heterocycles. The monoisotopic (exact) mass is 356 g/mol. The highest BCUT2D eigenvalue weighted by Gasteiger charge is 2.29. The number of fused-ring (bicyclic) bond motifs is 1. The maximum absolute atomic E-state index is 12.7. The lowest BCUT2D eigenvalue weighted by molar-refractivity contribution is -0.136. The topological polar surface area (TPSA) is 51.0 Å². The second-order valence-electron chi connectivity index (χ2n) is 6.76. The minimum atomic E-state index is -4.30. The largest absolute Gasteiger partial charge is 0.390 e. The molecular weight excluding hydrogens is 333 g/mol. The quantitative estimate of drug-likeness (QED) is 0.808. The Bertz CT molecular complexity index is 765. The first-order valence-electron chi connectivity index (χ1n) is 8.21. The van der Waals surface area contributed by atoms with Crippen LogP contribution in [0.1, 0.15) is 62.1 Å². The van der Waals surface area contributed by atoms with Crippen molar-refractivity contribution in [3.05, 3.63) is 23.5 Å². The lowest BCUT2D eigenvalue weighted by atomic mass is 10.0. The van der Waals surface area contributed by atoms with Crippen molar-refractivity contribution in [1.82, 2.24) is 19.7 Å². The molecule has 2 aromatic rings. The third kappa shape index (κ3) is 4.29. The van der Waals surface area contributed by atoms with Gasteiger partial charge in [0.2, 0.25) is 0 Å². The van der Waals surface area contributed by atoms with Crippen LogP contribution in [-0.2, 0) is 0 Å². The maximum atomic E-state index is 12.7. The molecule has 2 aromatic heterocycles. The van der Waals surface area contributed by atoms with E-state index in [1.807, 2.05) is 27.7 Å². The van der Waals surface area contributed by atoms with Crippen molar-refractivity contribution >= 4 is 16.9 Å². The highest BCUT2D eigenvalue weighted by Crippen LogP contribution is 2.26. The van der Waals surface area contributed by atoms with E-state index in [0.29, 0.717) is 22.3 Å². The molecule has 0 fully saturated rings. The number of alkyl halides is 3. The number of hydrogen-bond donors (Lipinski definition) is 0. The van der Waals surface area contributed by atoms with Gasteiger partial charge in [-0.05, 0) is 25.8 Å². The standard InChI is InChI=1S/C17H23F3N4O/c1-10(2)14-8-12(16(25)23(5)7-6-17(18,19)20)13-9-21-24(11(3)4)15(13)22-14/h8-11H,6-7H2,1-5H3. The van der Waals surface area contributed by atoms with Gasteiger partial charge >= 0.3 is 6.18 Å². The Balaban J connectivity index is 2.47. The van der Waals surface area contributed by atoms with Gasteiger partial charge < -0.3 is 4.90 Å². The molecule has 8 heteroatoms. The van der Waals surface area contributed by atoms with E-state index >= 15 is 0 Å². The van der Waals surface area contributed by atoms with E-state index in [4.69, 9.17) is 0 Å². The van der Waals surface area contributed by atoms with Crippen LogP contribution in [0.4, 0.5) is 13.2 Å². The van der Waals surface area contributed by atoms with E-state index in [9.17, 15) is 18.0 Å². The fourth-order valence-electron chi connectivity index (χ4n) is 2.49. The van der Waals surface area contributed by atoms with Gasteiger partial charge in [0, 0.05) is 25.3 Å². The molecule has 0 aliphatic heterocycles. The average molecular weight is 356 g/mol. The van der Waals surface area contributed by atoms with Crippen LogP contribution in [0.15, 0.2) is 12.3 Å². The second kappa shape index (κ2) is 7.01. The van der Waals surface area contributed by atoms with E-state index in [1.165, 1.54) is 7.05 Å². The summed E-state index contributed by atoms with van der Waals surface area (Å²) in [5.41, 5.74) is 1.63. The predicted molar refractivity (Wildman–Crippen MR) is 89.6 cm³/mol. The smallest absolute Gasteiger partial charge is 0.341 e. The highest BCUT2D eigenvalue weighted by atomic mass is 19.4. The third-order valence-electron chi connectivity index (χ3n) is 3.98. The minimum absolute atomic E-state index is 0.0540. The molecule has 1 amide bonds. The van der Waals surface area contributed by atoms with Gasteiger partial charge in [0.05, 0.1) is 23.6 Å². The number of pyridine rings is 1. The molecule has 0 atom stereocenters. The number of halogens is 3. The highest BCUT2D eigenvalue weighted by molar-refractivity contribution is 6.05. The zero-order valence-electron chi connectivity index (χ0n) is 15.1. The lowest BCUT2D eigenvalue weighted by Gasteiger charge is -2.19. The molecular formula is C17H23F3N4O. The summed E-state index contributed by atoms with van der Waals surface area (Å²) in [4.78, 5) is 18.4. The van der Waals surface area contributed by atoms with Crippen molar-refractivity contribution in [1.29, 1.82) is 0 Å². The van der Waals surface area contributed by atoms with Crippen molar-refractivity contribution < 1.29 is 18.0 Å². The third-order valence-corrected chi connectivity index (χ3v) is 3.98. The molecule has 0 aromatic carbocycles. The summed E-state index contributed by atoms with van der Waals surface area (Å²) in [6.45, 7) is 7.42. The van der Waals surface area contributed by atoms with Crippen LogP contribution in [-0.4, -0.2) is 45.3 Å². The Labute approximate surface area is 144 Å². The van der Waals surface area contributed by atoms with Crippen LogP contribution in [0.3, 0.4) is 0 Å². The number of carbonyl (C=O) groups excluding carboxylic acids is 1. The molecule has 0 saturated carbocycles. The fraction of sp³-hybridized carbons (Fsp3) is 0.588. The van der Waals surface area contributed by atoms with E-state index in [2.05, 4.69) is 10.1 Å². The van der Waals surface area contributed by atoms with Gasteiger partial charge in [-0.3, -0.25) is 4.79 Å². The molecule has 0 unspecified atom stereocenters. The molecule has 138 valence electrons. The first-order chi connectivity index (χ1) is 11.5. The van der Waals surface area contributed by atoms with Gasteiger partial charge in [-0.2, -0.15) is 18.3 Å². The van der Waals surface area contributed by atoms with Gasteiger partial charge in [0.15, 0.2) is 5.65 Å². The van der Waals surface area contributed by atoms with Gasteiger partial charge in [-0.1, -0.05) is 13.8 Å². The molecule has 2 rings (SSSR count). The van der Waals surface area contributed by atoms with Crippen molar-refractivity contribution in [2.45, 2.75) is 52.3 Å². The van der Waals surface area contributed by atoms with Crippen LogP contribution in [0, 0.1) is 0 Å². The summed E-state index contributed by atoms with van der Waals surface area (Å²) < 4.78 is 39.0. The van der Waals surface area contributed by atoms with Crippen molar-refractivity contribution in [3.8, 4) is 0 Å². The molecule has 5 nitrogen and oxygen atoms in total. The zero-order valence-corrected chi connectivity index (χ0v) is 15.1. The maximum Gasteiger partial charge on any atom is 0.390 e. The van der Waals surface area contributed by atoms with E-state index in [1.54, 1.807) is 16.9 Å². The zero-order chi connectivity index (χ0) is 18.9. The Morgan fingerprint density at radius 3 is 2.44 bits per heavy atom. The van der Waals surface area contributed by atoms with Crippen LogP contribution in [0.5, 0.6) is 0 Å². The van der Waals surface area contributed by atoms with E-state index < -0.39 is 18.5 Å². The summed E-state index contributed by atoms with van der Waals surface area (Å²) in [7, 11) is 1.38. The summed E-state index contributed by atoms with van der Waals surface area (Å²) >= 11 is 0. The Morgan fingerprint density at radius 1 is 1.28 bits per heavy atom. The molecule has 2 heterocycles. The molecule has 0 aliphatic rings. The van der Waals surface area contributed by atoms with Crippen molar-refractivity contribution in [3.63, 3.8) is 0 Å². The van der Waals surface area contributed by atoms with Crippen LogP contribution >= 0.6 is 0 Å². The van der Waals surface area contributed by atoms with Crippen molar-refractivity contribution in [2.24, 2.45) is 0 Å². The van der Waals surface area contributed by atoms with Gasteiger partial charge in [0.25, 0.3) is 5.91 Å². The number of carbonyl (C=O) groups is 1. The molecule has 25 heavy (non-hydrogen) atoms. The summed E-state index contributed by atoms with van der Waals surface area (Å²) in [6, 6.07) is 1.71. The lowest BCUT2D eigenvalue weighted by Crippen LogP contribution is -2.30. The summed E-state index contributed by atoms with van der Waals surface area (Å²) in [5, 5.41) is 4.84. The number of aromatic nitrogens is 3. The van der Waals surface area contributed by atoms with Crippen LogP contribution in [0.25, 0.3) is 11.0 Å². The fourth-order valence-corrected chi connectivity index (χ4v) is 2.49. The van der Waals surface area contributed by atoms with Gasteiger partial charge in [0.1, 0.15) is 0 Å². The first kappa shape index (κ1) is 19.2. The number of rotatable bonds is 5. The Morgan fingerprint density at radius 2 is 1.92 bits per heavy atom. The number of amides is 1. The van der Waals surface area contributed by atoms with Crippen LogP contribution < -0.4 is 0 Å². The molecule has 0 bridgehead atoms. The Kier molecular flexibility index (Phi) is 5.39. The normalized spacial score (nSPS) is 12.4. The Hall–Kier alpha value is -2.12. The second-order valence-corrected chi connectivity index (χ2v) is 6.76. The van der Waals surface area contributed by atoms with E-state index in [-0.39, 0.29) is 18.5 Å². The SMILES string of the molecule is CC(C)c1cc(C(=O)N(C)CCC(F)(F)F)c2cnn(C(C)C)c2n1. The number of hydrogen-bond acceptors (Lipinski definition) is 3. The van der Waals surface area contributed by atoms with E-state index in [0.717, 1.165) is 4.90 Å². The predicted octanol–water partition coefficient (Wildman–Crippen LogP) is 4.16. The summed E-state index contributed by atoms with van der Waals surface area (Å²) in [6.07, 6.45) is -3.78. The number of nitrogens with zero attached hydrogens (tertiary/aromatic N) is 4. The van der Waals surface area contributed by atoms with Crippen LogP contribution in [0.2, 0.25) is 0 Å². The molecule has 0 N–H and O–H groups in total. The summed E-state index contributed by atoms with van der Waals surface area (Å²) in [5.74, 6) is -0.381.